The summed E-state index contributed by atoms with van der Waals surface area (Å²) in [7, 11) is -3.93. The molecule has 0 radical (unpaired) electrons. The number of hydrogen-bond acceptors (Lipinski definition) is 5. The summed E-state index contributed by atoms with van der Waals surface area (Å²) in [5.74, 6) is -0.589. The highest BCUT2D eigenvalue weighted by atomic mass is 32.2. The SMILES string of the molecule is Cc1ccc(S(=O)(=O)N(CCc2ccccc2)CC(=O)Nc2cccc([N+](=O)[O-])c2)cc1. The molecule has 1 amide bonds. The number of carbonyl (C=O) groups is 1. The number of nitrogens with zero attached hydrogens (tertiary/aromatic N) is 2. The molecule has 3 rings (SSSR count). The van der Waals surface area contributed by atoms with E-state index < -0.39 is 27.4 Å². The van der Waals surface area contributed by atoms with Crippen molar-refractivity contribution in [2.75, 3.05) is 18.4 Å². The first-order chi connectivity index (χ1) is 15.3. The molecule has 0 aliphatic heterocycles. The fourth-order valence-corrected chi connectivity index (χ4v) is 4.50. The standard InChI is InChI=1S/C23H23N3O5S/c1-18-10-12-22(13-11-18)32(30,31)25(15-14-19-6-3-2-4-7-19)17-23(27)24-20-8-5-9-21(16-20)26(28)29/h2-13,16H,14-15,17H2,1H3,(H,24,27). The van der Waals surface area contributed by atoms with Gasteiger partial charge in [0.05, 0.1) is 16.4 Å². The van der Waals surface area contributed by atoms with Gasteiger partial charge in [-0.25, -0.2) is 8.42 Å². The third kappa shape index (κ3) is 5.99. The van der Waals surface area contributed by atoms with Crippen molar-refractivity contribution in [2.45, 2.75) is 18.2 Å². The topological polar surface area (TPSA) is 110 Å². The van der Waals surface area contributed by atoms with E-state index in [0.717, 1.165) is 15.4 Å². The zero-order chi connectivity index (χ0) is 23.1. The predicted octanol–water partition coefficient (Wildman–Crippen LogP) is 3.78. The number of nitrogens with one attached hydrogen (secondary N) is 1. The first-order valence-corrected chi connectivity index (χ1v) is 11.3. The third-order valence-electron chi connectivity index (χ3n) is 4.81. The van der Waals surface area contributed by atoms with Crippen molar-refractivity contribution >= 4 is 27.3 Å². The quantitative estimate of drug-likeness (QED) is 0.392. The van der Waals surface area contributed by atoms with Crippen LogP contribution in [0.15, 0.2) is 83.8 Å². The summed E-state index contributed by atoms with van der Waals surface area (Å²) >= 11 is 0. The number of rotatable bonds is 9. The Labute approximate surface area is 186 Å². The molecule has 3 aromatic carbocycles. The van der Waals surface area contributed by atoms with E-state index in [-0.39, 0.29) is 22.8 Å². The van der Waals surface area contributed by atoms with Gasteiger partial charge in [0, 0.05) is 24.4 Å². The Bertz CT molecular complexity index is 1200. The van der Waals surface area contributed by atoms with E-state index in [2.05, 4.69) is 5.32 Å². The Hall–Kier alpha value is -3.56. The summed E-state index contributed by atoms with van der Waals surface area (Å²) < 4.78 is 27.6. The Balaban J connectivity index is 1.81. The van der Waals surface area contributed by atoms with Crippen molar-refractivity contribution in [1.82, 2.24) is 4.31 Å². The number of nitro groups is 1. The molecule has 3 aromatic rings. The van der Waals surface area contributed by atoms with Crippen LogP contribution < -0.4 is 5.32 Å². The summed E-state index contributed by atoms with van der Waals surface area (Å²) in [4.78, 5) is 23.1. The van der Waals surface area contributed by atoms with E-state index in [9.17, 15) is 23.3 Å². The zero-order valence-electron chi connectivity index (χ0n) is 17.5. The zero-order valence-corrected chi connectivity index (χ0v) is 18.3. The van der Waals surface area contributed by atoms with Crippen LogP contribution in [-0.2, 0) is 21.2 Å². The van der Waals surface area contributed by atoms with Crippen molar-refractivity contribution in [3.05, 3.63) is 100 Å². The van der Waals surface area contributed by atoms with Crippen LogP contribution in [0.2, 0.25) is 0 Å². The van der Waals surface area contributed by atoms with Crippen LogP contribution in [0.4, 0.5) is 11.4 Å². The fourth-order valence-electron chi connectivity index (χ4n) is 3.10. The lowest BCUT2D eigenvalue weighted by molar-refractivity contribution is -0.384. The number of non-ortho nitro benzene ring substituents is 1. The van der Waals surface area contributed by atoms with E-state index in [4.69, 9.17) is 0 Å². The van der Waals surface area contributed by atoms with Crippen molar-refractivity contribution in [3.63, 3.8) is 0 Å². The molecule has 0 heterocycles. The number of anilines is 1. The maximum atomic E-state index is 13.3. The molecular weight excluding hydrogens is 430 g/mol. The minimum atomic E-state index is -3.93. The van der Waals surface area contributed by atoms with Gasteiger partial charge in [-0.15, -0.1) is 0 Å². The van der Waals surface area contributed by atoms with Crippen molar-refractivity contribution < 1.29 is 18.1 Å². The second-order valence-corrected chi connectivity index (χ2v) is 9.18. The minimum Gasteiger partial charge on any atom is -0.325 e. The van der Waals surface area contributed by atoms with Gasteiger partial charge in [-0.05, 0) is 37.1 Å². The summed E-state index contributed by atoms with van der Waals surface area (Å²) in [5.41, 5.74) is 1.91. The van der Waals surface area contributed by atoms with Crippen LogP contribution in [-0.4, -0.2) is 36.6 Å². The van der Waals surface area contributed by atoms with E-state index >= 15 is 0 Å². The summed E-state index contributed by atoms with van der Waals surface area (Å²) in [6.45, 7) is 1.53. The molecule has 0 fully saturated rings. The van der Waals surface area contributed by atoms with Gasteiger partial charge in [-0.3, -0.25) is 14.9 Å². The average molecular weight is 454 g/mol. The monoisotopic (exact) mass is 453 g/mol. The molecule has 1 N–H and O–H groups in total. The molecule has 0 spiro atoms. The molecule has 0 saturated carbocycles. The second-order valence-electron chi connectivity index (χ2n) is 7.24. The molecule has 32 heavy (non-hydrogen) atoms. The maximum absolute atomic E-state index is 13.3. The molecule has 0 atom stereocenters. The Kier molecular flexibility index (Phi) is 7.34. The van der Waals surface area contributed by atoms with Gasteiger partial charge < -0.3 is 5.32 Å². The van der Waals surface area contributed by atoms with Crippen molar-refractivity contribution in [2.24, 2.45) is 0 Å². The van der Waals surface area contributed by atoms with E-state index in [0.29, 0.717) is 6.42 Å². The Morgan fingerprint density at radius 2 is 1.69 bits per heavy atom. The highest BCUT2D eigenvalue weighted by molar-refractivity contribution is 7.89. The Morgan fingerprint density at radius 1 is 1.00 bits per heavy atom. The molecule has 0 unspecified atom stereocenters. The molecule has 0 bridgehead atoms. The first-order valence-electron chi connectivity index (χ1n) is 9.91. The summed E-state index contributed by atoms with van der Waals surface area (Å²) in [6.07, 6.45) is 0.427. The van der Waals surface area contributed by atoms with Crippen LogP contribution in [0, 0.1) is 17.0 Å². The van der Waals surface area contributed by atoms with Gasteiger partial charge in [0.15, 0.2) is 0 Å². The molecule has 166 valence electrons. The lowest BCUT2D eigenvalue weighted by atomic mass is 10.1. The number of hydrogen-bond donors (Lipinski definition) is 1. The van der Waals surface area contributed by atoms with Crippen LogP contribution in [0.1, 0.15) is 11.1 Å². The number of sulfonamides is 1. The van der Waals surface area contributed by atoms with Crippen LogP contribution in [0.25, 0.3) is 0 Å². The number of nitro benzene ring substituents is 1. The third-order valence-corrected chi connectivity index (χ3v) is 6.67. The molecule has 0 saturated heterocycles. The van der Waals surface area contributed by atoms with Crippen molar-refractivity contribution in [3.8, 4) is 0 Å². The van der Waals surface area contributed by atoms with Crippen molar-refractivity contribution in [1.29, 1.82) is 0 Å². The van der Waals surface area contributed by atoms with Gasteiger partial charge in [-0.2, -0.15) is 4.31 Å². The normalized spacial score (nSPS) is 11.3. The van der Waals surface area contributed by atoms with Crippen LogP contribution in [0.5, 0.6) is 0 Å². The number of carbonyl (C=O) groups excluding carboxylic acids is 1. The van der Waals surface area contributed by atoms with E-state index in [1.807, 2.05) is 37.3 Å². The Morgan fingerprint density at radius 3 is 2.34 bits per heavy atom. The van der Waals surface area contributed by atoms with E-state index in [1.165, 1.54) is 36.4 Å². The number of benzene rings is 3. The number of aryl methyl sites for hydroxylation is 1. The molecule has 0 aliphatic rings. The molecule has 8 nitrogen and oxygen atoms in total. The molecular formula is C23H23N3O5S. The highest BCUT2D eigenvalue weighted by Crippen LogP contribution is 2.19. The maximum Gasteiger partial charge on any atom is 0.271 e. The molecule has 0 aliphatic carbocycles. The van der Waals surface area contributed by atoms with Gasteiger partial charge in [-0.1, -0.05) is 54.1 Å². The first kappa shape index (κ1) is 23.1. The lowest BCUT2D eigenvalue weighted by Gasteiger charge is -2.22. The minimum absolute atomic E-state index is 0.0966. The van der Waals surface area contributed by atoms with Crippen LogP contribution in [0.3, 0.4) is 0 Å². The largest absolute Gasteiger partial charge is 0.325 e. The molecule has 0 aromatic heterocycles. The highest BCUT2D eigenvalue weighted by Gasteiger charge is 2.26. The van der Waals surface area contributed by atoms with Crippen LogP contribution >= 0.6 is 0 Å². The van der Waals surface area contributed by atoms with E-state index in [1.54, 1.807) is 12.1 Å². The lowest BCUT2D eigenvalue weighted by Crippen LogP contribution is -2.39. The molecule has 9 heteroatoms. The average Bonchev–Trinajstić information content (AvgIpc) is 2.77. The van der Waals surface area contributed by atoms with Gasteiger partial charge in [0.1, 0.15) is 0 Å². The second kappa shape index (κ2) is 10.2. The summed E-state index contributed by atoms with van der Waals surface area (Å²) in [5, 5.41) is 13.5. The predicted molar refractivity (Wildman–Crippen MR) is 122 cm³/mol. The van der Waals surface area contributed by atoms with Gasteiger partial charge >= 0.3 is 0 Å². The van der Waals surface area contributed by atoms with Gasteiger partial charge in [0.2, 0.25) is 15.9 Å². The van der Waals surface area contributed by atoms with Gasteiger partial charge in [0.25, 0.3) is 5.69 Å². The smallest absolute Gasteiger partial charge is 0.271 e. The summed E-state index contributed by atoms with van der Waals surface area (Å²) in [6, 6.07) is 21.3. The number of amides is 1. The fraction of sp³-hybridized carbons (Fsp3) is 0.174.